The number of aliphatic hydroxyl groups is 1. The Morgan fingerprint density at radius 3 is 1.89 bits per heavy atom. The van der Waals surface area contributed by atoms with Crippen molar-refractivity contribution >= 4 is 0 Å². The molecule has 0 aromatic heterocycles. The molecule has 1 N–H and O–H groups in total. The SMILES string of the molecule is C[C@@H]1CC(CO)C[C@@H]1C. The molecule has 0 bridgehead atoms. The molecule has 1 nitrogen and oxygen atoms in total. The van der Waals surface area contributed by atoms with Crippen LogP contribution in [0, 0.1) is 17.8 Å². The molecule has 9 heavy (non-hydrogen) atoms. The standard InChI is InChI=1S/C8H16O/c1-6-3-8(5-9)4-7(6)2/h6-9H,3-5H2,1-2H3/t6-,7+,8?. The summed E-state index contributed by atoms with van der Waals surface area (Å²) in [6.07, 6.45) is 2.47. The van der Waals surface area contributed by atoms with E-state index in [1.54, 1.807) is 0 Å². The van der Waals surface area contributed by atoms with Crippen LogP contribution in [0.2, 0.25) is 0 Å². The van der Waals surface area contributed by atoms with Crippen LogP contribution >= 0.6 is 0 Å². The van der Waals surface area contributed by atoms with Crippen LogP contribution < -0.4 is 0 Å². The Kier molecular flexibility index (Phi) is 2.12. The highest BCUT2D eigenvalue weighted by Crippen LogP contribution is 2.34. The molecule has 0 radical (unpaired) electrons. The summed E-state index contributed by atoms with van der Waals surface area (Å²) in [4.78, 5) is 0. The van der Waals surface area contributed by atoms with Crippen LogP contribution in [-0.2, 0) is 0 Å². The second-order valence-electron chi connectivity index (χ2n) is 3.47. The van der Waals surface area contributed by atoms with Gasteiger partial charge < -0.3 is 5.11 Å². The molecule has 0 saturated heterocycles. The van der Waals surface area contributed by atoms with Gasteiger partial charge in [0.05, 0.1) is 0 Å². The van der Waals surface area contributed by atoms with E-state index in [9.17, 15) is 0 Å². The predicted molar refractivity (Wildman–Crippen MR) is 38.1 cm³/mol. The van der Waals surface area contributed by atoms with Crippen LogP contribution in [0.25, 0.3) is 0 Å². The molecule has 1 heteroatoms. The van der Waals surface area contributed by atoms with E-state index in [1.807, 2.05) is 0 Å². The molecule has 0 aliphatic heterocycles. The fraction of sp³-hybridized carbons (Fsp3) is 1.00. The summed E-state index contributed by atoms with van der Waals surface area (Å²) in [5.74, 6) is 2.28. The molecule has 1 unspecified atom stereocenters. The molecule has 0 spiro atoms. The zero-order chi connectivity index (χ0) is 6.85. The molecule has 0 amide bonds. The van der Waals surface area contributed by atoms with Crippen molar-refractivity contribution in [2.45, 2.75) is 26.7 Å². The van der Waals surface area contributed by atoms with Crippen LogP contribution in [0.1, 0.15) is 26.7 Å². The quantitative estimate of drug-likeness (QED) is 0.569. The maximum atomic E-state index is 8.80. The molecule has 1 saturated carbocycles. The Bertz CT molecular complexity index is 80.6. The summed E-state index contributed by atoms with van der Waals surface area (Å²) >= 11 is 0. The lowest BCUT2D eigenvalue weighted by Crippen LogP contribution is -1.99. The van der Waals surface area contributed by atoms with Crippen LogP contribution in [0.4, 0.5) is 0 Å². The molecule has 0 heterocycles. The predicted octanol–water partition coefficient (Wildman–Crippen LogP) is 1.66. The highest BCUT2D eigenvalue weighted by Gasteiger charge is 2.26. The monoisotopic (exact) mass is 128 g/mol. The number of hydrogen-bond donors (Lipinski definition) is 1. The van der Waals surface area contributed by atoms with Crippen LogP contribution in [0.15, 0.2) is 0 Å². The number of aliphatic hydroxyl groups excluding tert-OH is 1. The van der Waals surface area contributed by atoms with Crippen LogP contribution in [0.5, 0.6) is 0 Å². The van der Waals surface area contributed by atoms with E-state index in [-0.39, 0.29) is 0 Å². The second kappa shape index (κ2) is 2.70. The average Bonchev–Trinajstić information content (AvgIpc) is 2.13. The third kappa shape index (κ3) is 1.45. The van der Waals surface area contributed by atoms with E-state index in [0.717, 1.165) is 11.8 Å². The molecular formula is C8H16O. The fourth-order valence-corrected chi connectivity index (χ4v) is 1.76. The van der Waals surface area contributed by atoms with E-state index < -0.39 is 0 Å². The summed E-state index contributed by atoms with van der Waals surface area (Å²) < 4.78 is 0. The maximum Gasteiger partial charge on any atom is 0.0459 e. The topological polar surface area (TPSA) is 20.2 Å². The van der Waals surface area contributed by atoms with Crippen molar-refractivity contribution < 1.29 is 5.11 Å². The van der Waals surface area contributed by atoms with E-state index >= 15 is 0 Å². The first-order valence-corrected chi connectivity index (χ1v) is 3.85. The molecule has 54 valence electrons. The van der Waals surface area contributed by atoms with E-state index in [4.69, 9.17) is 5.11 Å². The van der Waals surface area contributed by atoms with Crippen LogP contribution in [0.3, 0.4) is 0 Å². The lowest BCUT2D eigenvalue weighted by Gasteiger charge is -2.04. The van der Waals surface area contributed by atoms with Gasteiger partial charge in [-0.15, -0.1) is 0 Å². The highest BCUT2D eigenvalue weighted by molar-refractivity contribution is 4.77. The Balaban J connectivity index is 2.35. The first-order valence-electron chi connectivity index (χ1n) is 3.85. The van der Waals surface area contributed by atoms with Gasteiger partial charge in [0, 0.05) is 6.61 Å². The van der Waals surface area contributed by atoms with Crippen LogP contribution in [-0.4, -0.2) is 11.7 Å². The van der Waals surface area contributed by atoms with Gasteiger partial charge in [-0.3, -0.25) is 0 Å². The first kappa shape index (κ1) is 7.07. The van der Waals surface area contributed by atoms with Gasteiger partial charge in [0.2, 0.25) is 0 Å². The van der Waals surface area contributed by atoms with Crippen molar-refractivity contribution in [2.75, 3.05) is 6.61 Å². The van der Waals surface area contributed by atoms with E-state index in [2.05, 4.69) is 13.8 Å². The van der Waals surface area contributed by atoms with E-state index in [1.165, 1.54) is 12.8 Å². The van der Waals surface area contributed by atoms with Gasteiger partial charge >= 0.3 is 0 Å². The lowest BCUT2D eigenvalue weighted by atomic mass is 10.0. The molecule has 3 atom stereocenters. The Morgan fingerprint density at radius 2 is 1.67 bits per heavy atom. The van der Waals surface area contributed by atoms with Crippen molar-refractivity contribution in [3.63, 3.8) is 0 Å². The van der Waals surface area contributed by atoms with Gasteiger partial charge in [-0.05, 0) is 30.6 Å². The summed E-state index contributed by atoms with van der Waals surface area (Å²) in [5.41, 5.74) is 0. The molecule has 1 aliphatic rings. The number of hydrogen-bond acceptors (Lipinski definition) is 1. The van der Waals surface area contributed by atoms with Crippen molar-refractivity contribution in [3.05, 3.63) is 0 Å². The third-order valence-corrected chi connectivity index (χ3v) is 2.64. The summed E-state index contributed by atoms with van der Waals surface area (Å²) in [6, 6.07) is 0. The van der Waals surface area contributed by atoms with Crippen molar-refractivity contribution in [3.8, 4) is 0 Å². The molecule has 1 fully saturated rings. The Hall–Kier alpha value is -0.0400. The summed E-state index contributed by atoms with van der Waals surface area (Å²) in [5, 5.41) is 8.80. The van der Waals surface area contributed by atoms with Gasteiger partial charge in [0.25, 0.3) is 0 Å². The highest BCUT2D eigenvalue weighted by atomic mass is 16.3. The van der Waals surface area contributed by atoms with Gasteiger partial charge in [-0.1, -0.05) is 13.8 Å². The zero-order valence-electron chi connectivity index (χ0n) is 6.30. The first-order chi connectivity index (χ1) is 4.24. The van der Waals surface area contributed by atoms with Crippen molar-refractivity contribution in [1.82, 2.24) is 0 Å². The third-order valence-electron chi connectivity index (χ3n) is 2.64. The lowest BCUT2D eigenvalue weighted by molar-refractivity contribution is 0.225. The zero-order valence-corrected chi connectivity index (χ0v) is 6.30. The molecule has 0 aromatic carbocycles. The van der Waals surface area contributed by atoms with Crippen molar-refractivity contribution in [2.24, 2.45) is 17.8 Å². The largest absolute Gasteiger partial charge is 0.396 e. The summed E-state index contributed by atoms with van der Waals surface area (Å²) in [7, 11) is 0. The smallest absolute Gasteiger partial charge is 0.0459 e. The molecule has 0 aromatic rings. The van der Waals surface area contributed by atoms with Gasteiger partial charge in [0.1, 0.15) is 0 Å². The van der Waals surface area contributed by atoms with Gasteiger partial charge in [-0.25, -0.2) is 0 Å². The summed E-state index contributed by atoms with van der Waals surface area (Å²) in [6.45, 7) is 4.95. The molecule has 1 aliphatic carbocycles. The minimum absolute atomic E-state index is 0.398. The van der Waals surface area contributed by atoms with Gasteiger partial charge in [0.15, 0.2) is 0 Å². The minimum atomic E-state index is 0.398. The Morgan fingerprint density at radius 1 is 1.22 bits per heavy atom. The maximum absolute atomic E-state index is 8.80. The second-order valence-corrected chi connectivity index (χ2v) is 3.47. The molecular weight excluding hydrogens is 112 g/mol. The number of rotatable bonds is 1. The van der Waals surface area contributed by atoms with E-state index in [0.29, 0.717) is 12.5 Å². The molecule has 1 rings (SSSR count). The van der Waals surface area contributed by atoms with Crippen molar-refractivity contribution in [1.29, 1.82) is 0 Å². The Labute approximate surface area is 57.1 Å². The minimum Gasteiger partial charge on any atom is -0.396 e. The average molecular weight is 128 g/mol. The fourth-order valence-electron chi connectivity index (χ4n) is 1.76. The normalized spacial score (nSPS) is 43.7. The van der Waals surface area contributed by atoms with Gasteiger partial charge in [-0.2, -0.15) is 0 Å².